The Labute approximate surface area is 241 Å². The fourth-order valence-electron chi connectivity index (χ4n) is 4.14. The highest BCUT2D eigenvalue weighted by atomic mass is 32.2. The van der Waals surface area contributed by atoms with Crippen LogP contribution in [0.25, 0.3) is 6.08 Å². The molecule has 0 aliphatic carbocycles. The quantitative estimate of drug-likeness (QED) is 0.144. The summed E-state index contributed by atoms with van der Waals surface area (Å²) >= 11 is 0. The molecule has 208 valence electrons. The van der Waals surface area contributed by atoms with E-state index in [-0.39, 0.29) is 17.0 Å². The molecular formula is C34H31NO5S. The van der Waals surface area contributed by atoms with E-state index in [1.165, 1.54) is 18.1 Å². The first-order valence-corrected chi connectivity index (χ1v) is 14.8. The van der Waals surface area contributed by atoms with E-state index in [0.717, 1.165) is 41.7 Å². The Hall–Kier alpha value is -4.80. The highest BCUT2D eigenvalue weighted by molar-refractivity contribution is 7.96. The number of allylic oxidation sites excluding steroid dienone is 1. The van der Waals surface area contributed by atoms with Gasteiger partial charge in [-0.2, -0.15) is 0 Å². The number of phenols is 1. The largest absolute Gasteiger partial charge is 0.507 e. The highest BCUT2D eigenvalue weighted by Crippen LogP contribution is 2.25. The lowest BCUT2D eigenvalue weighted by molar-refractivity contribution is 0.0693. The van der Waals surface area contributed by atoms with Crippen LogP contribution < -0.4 is 4.72 Å². The van der Waals surface area contributed by atoms with E-state index in [1.807, 2.05) is 54.6 Å². The Bertz CT molecular complexity index is 1700. The second kappa shape index (κ2) is 13.5. The molecule has 7 heteroatoms. The van der Waals surface area contributed by atoms with Crippen molar-refractivity contribution in [1.29, 1.82) is 0 Å². The number of benzene rings is 4. The predicted octanol–water partition coefficient (Wildman–Crippen LogP) is 6.86. The van der Waals surface area contributed by atoms with Crippen LogP contribution in [0.2, 0.25) is 0 Å². The van der Waals surface area contributed by atoms with Gasteiger partial charge in [-0.3, -0.25) is 4.72 Å². The molecule has 0 spiro atoms. The third-order valence-corrected chi connectivity index (χ3v) is 7.86. The zero-order valence-corrected chi connectivity index (χ0v) is 23.5. The van der Waals surface area contributed by atoms with Gasteiger partial charge in [0.25, 0.3) is 10.0 Å². The van der Waals surface area contributed by atoms with Gasteiger partial charge in [0.2, 0.25) is 0 Å². The molecule has 0 unspecified atom stereocenters. The van der Waals surface area contributed by atoms with Gasteiger partial charge in [-0.1, -0.05) is 79.8 Å². The lowest BCUT2D eigenvalue weighted by Gasteiger charge is -2.13. The number of carboxylic acids is 1. The first-order valence-electron chi connectivity index (χ1n) is 13.3. The first-order chi connectivity index (χ1) is 19.7. The maximum Gasteiger partial charge on any atom is 0.339 e. The standard InChI is InChI=1S/C34H31NO5S/c1-2-3-7-25-10-12-26(13-11-25)14-15-27-16-18-29(19-17-27)23-31(22-28-8-5-4-6-9-28)41(39,40)35-30-20-21-33(36)32(24-30)34(37)38/h4-6,8-13,16-22,24,35-36H,2-3,7,23H2,1H3,(H,37,38)/b31-22+. The summed E-state index contributed by atoms with van der Waals surface area (Å²) in [5.74, 6) is 4.52. The van der Waals surface area contributed by atoms with Gasteiger partial charge in [-0.05, 0) is 78.1 Å². The third-order valence-electron chi connectivity index (χ3n) is 6.41. The number of sulfonamides is 1. The van der Waals surface area contributed by atoms with Crippen molar-refractivity contribution in [3.8, 4) is 17.6 Å². The second-order valence-electron chi connectivity index (χ2n) is 9.59. The van der Waals surface area contributed by atoms with Crippen molar-refractivity contribution < 1.29 is 23.4 Å². The number of rotatable bonds is 10. The summed E-state index contributed by atoms with van der Waals surface area (Å²) in [5, 5.41) is 19.1. The zero-order chi connectivity index (χ0) is 29.2. The average Bonchev–Trinajstić information content (AvgIpc) is 2.97. The molecule has 0 heterocycles. The number of aromatic hydroxyl groups is 1. The third kappa shape index (κ3) is 8.34. The molecule has 0 atom stereocenters. The number of hydrogen-bond donors (Lipinski definition) is 3. The molecule has 4 aromatic rings. The van der Waals surface area contributed by atoms with Crippen LogP contribution in [0.15, 0.2) is 102 Å². The van der Waals surface area contributed by atoms with Crippen molar-refractivity contribution >= 4 is 27.8 Å². The van der Waals surface area contributed by atoms with Crippen LogP contribution in [0.3, 0.4) is 0 Å². The van der Waals surface area contributed by atoms with Crippen LogP contribution in [-0.4, -0.2) is 24.6 Å². The van der Waals surface area contributed by atoms with Crippen molar-refractivity contribution in [2.24, 2.45) is 0 Å². The Balaban J connectivity index is 1.55. The van der Waals surface area contributed by atoms with Crippen LogP contribution in [-0.2, 0) is 22.9 Å². The lowest BCUT2D eigenvalue weighted by Crippen LogP contribution is -2.17. The Kier molecular flexibility index (Phi) is 9.62. The molecule has 4 aromatic carbocycles. The second-order valence-corrected chi connectivity index (χ2v) is 11.3. The van der Waals surface area contributed by atoms with Gasteiger partial charge in [0.1, 0.15) is 11.3 Å². The average molecular weight is 566 g/mol. The molecule has 41 heavy (non-hydrogen) atoms. The highest BCUT2D eigenvalue weighted by Gasteiger charge is 2.20. The molecule has 3 N–H and O–H groups in total. The Morgan fingerprint density at radius 1 is 0.854 bits per heavy atom. The van der Waals surface area contributed by atoms with Gasteiger partial charge >= 0.3 is 5.97 Å². The summed E-state index contributed by atoms with van der Waals surface area (Å²) in [6, 6.07) is 28.3. The molecule has 6 nitrogen and oxygen atoms in total. The van der Waals surface area contributed by atoms with Crippen LogP contribution in [0.5, 0.6) is 5.75 Å². The van der Waals surface area contributed by atoms with E-state index in [9.17, 15) is 23.4 Å². The van der Waals surface area contributed by atoms with Crippen molar-refractivity contribution in [2.45, 2.75) is 32.6 Å². The van der Waals surface area contributed by atoms with Crippen molar-refractivity contribution in [2.75, 3.05) is 4.72 Å². The fourth-order valence-corrected chi connectivity index (χ4v) is 5.35. The first kappa shape index (κ1) is 29.2. The fraction of sp³-hybridized carbons (Fsp3) is 0.147. The number of carboxylic acid groups (broad SMARTS) is 1. The van der Waals surface area contributed by atoms with E-state index in [0.29, 0.717) is 5.56 Å². The topological polar surface area (TPSA) is 104 Å². The summed E-state index contributed by atoms with van der Waals surface area (Å²) in [6.45, 7) is 2.18. The normalized spacial score (nSPS) is 11.4. The summed E-state index contributed by atoms with van der Waals surface area (Å²) in [6.07, 6.45) is 5.07. The van der Waals surface area contributed by atoms with Crippen LogP contribution in [0.1, 0.15) is 57.9 Å². The van der Waals surface area contributed by atoms with Crippen molar-refractivity contribution in [3.63, 3.8) is 0 Å². The number of unbranched alkanes of at least 4 members (excludes halogenated alkanes) is 1. The maximum absolute atomic E-state index is 13.5. The van der Waals surface area contributed by atoms with E-state index in [4.69, 9.17) is 0 Å². The van der Waals surface area contributed by atoms with Crippen LogP contribution >= 0.6 is 0 Å². The van der Waals surface area contributed by atoms with E-state index in [1.54, 1.807) is 18.2 Å². The monoisotopic (exact) mass is 565 g/mol. The molecule has 0 aromatic heterocycles. The zero-order valence-electron chi connectivity index (χ0n) is 22.7. The number of nitrogens with one attached hydrogen (secondary N) is 1. The van der Waals surface area contributed by atoms with Gasteiger partial charge in [0.05, 0.1) is 4.91 Å². The van der Waals surface area contributed by atoms with Gasteiger partial charge in [0.15, 0.2) is 0 Å². The molecule has 4 rings (SSSR count). The summed E-state index contributed by atoms with van der Waals surface area (Å²) in [4.78, 5) is 11.5. The minimum absolute atomic E-state index is 0.0307. The van der Waals surface area contributed by atoms with Crippen LogP contribution in [0.4, 0.5) is 5.69 Å². The predicted molar refractivity (Wildman–Crippen MR) is 163 cm³/mol. The maximum atomic E-state index is 13.5. The van der Waals surface area contributed by atoms with Crippen molar-refractivity contribution in [3.05, 3.63) is 135 Å². The number of aromatic carboxylic acids is 1. The molecule has 0 amide bonds. The van der Waals surface area contributed by atoms with E-state index in [2.05, 4.69) is 35.6 Å². The summed E-state index contributed by atoms with van der Waals surface area (Å²) in [7, 11) is -4.08. The van der Waals surface area contributed by atoms with Crippen molar-refractivity contribution in [1.82, 2.24) is 0 Å². The number of hydrogen-bond acceptors (Lipinski definition) is 4. The summed E-state index contributed by atoms with van der Waals surface area (Å²) in [5.41, 5.74) is 4.14. The lowest BCUT2D eigenvalue weighted by atomic mass is 10.1. The Morgan fingerprint density at radius 3 is 2.05 bits per heavy atom. The minimum Gasteiger partial charge on any atom is -0.507 e. The van der Waals surface area contributed by atoms with Gasteiger partial charge in [-0.25, -0.2) is 13.2 Å². The SMILES string of the molecule is CCCCc1ccc(C#Cc2ccc(C/C(=C\c3ccccc3)S(=O)(=O)Nc3ccc(O)c(C(=O)O)c3)cc2)cc1. The van der Waals surface area contributed by atoms with Crippen LogP contribution in [0, 0.1) is 11.8 Å². The molecule has 0 fully saturated rings. The molecule has 0 bridgehead atoms. The molecular weight excluding hydrogens is 534 g/mol. The molecule has 0 aliphatic rings. The van der Waals surface area contributed by atoms with E-state index >= 15 is 0 Å². The molecule has 0 saturated carbocycles. The van der Waals surface area contributed by atoms with Gasteiger partial charge in [0, 0.05) is 23.2 Å². The minimum atomic E-state index is -4.08. The smallest absolute Gasteiger partial charge is 0.339 e. The molecule has 0 saturated heterocycles. The molecule has 0 radical (unpaired) electrons. The molecule has 0 aliphatic heterocycles. The number of carbonyl (C=O) groups is 1. The number of anilines is 1. The Morgan fingerprint density at radius 2 is 1.46 bits per heavy atom. The van der Waals surface area contributed by atoms with E-state index < -0.39 is 27.3 Å². The van der Waals surface area contributed by atoms with Gasteiger partial charge < -0.3 is 10.2 Å². The van der Waals surface area contributed by atoms with Gasteiger partial charge in [-0.15, -0.1) is 0 Å². The summed E-state index contributed by atoms with van der Waals surface area (Å²) < 4.78 is 29.4. The number of aryl methyl sites for hydroxylation is 1.